The average Bonchev–Trinajstić information content (AvgIpc) is 2.53. The number of ketones is 4. The zero-order valence-corrected chi connectivity index (χ0v) is 16.0. The van der Waals surface area contributed by atoms with Crippen LogP contribution in [0.15, 0.2) is 0 Å². The molecule has 0 bridgehead atoms. The molecular formula is C21H32O4. The Morgan fingerprint density at radius 1 is 0.640 bits per heavy atom. The number of rotatable bonds is 6. The summed E-state index contributed by atoms with van der Waals surface area (Å²) in [4.78, 5) is 47.5. The summed E-state index contributed by atoms with van der Waals surface area (Å²) in [5.74, 6) is 1.35. The third-order valence-corrected chi connectivity index (χ3v) is 6.71. The van der Waals surface area contributed by atoms with Crippen molar-refractivity contribution in [1.29, 1.82) is 0 Å². The molecule has 0 aromatic carbocycles. The highest BCUT2D eigenvalue weighted by atomic mass is 16.1. The van der Waals surface area contributed by atoms with E-state index in [0.29, 0.717) is 18.3 Å². The maximum absolute atomic E-state index is 12.1. The minimum Gasteiger partial charge on any atom is -0.300 e. The van der Waals surface area contributed by atoms with Crippen LogP contribution in [-0.4, -0.2) is 23.1 Å². The van der Waals surface area contributed by atoms with Gasteiger partial charge in [0.05, 0.1) is 0 Å². The van der Waals surface area contributed by atoms with E-state index in [0.717, 1.165) is 38.5 Å². The Kier molecular flexibility index (Phi) is 6.70. The Balaban J connectivity index is 2.07. The van der Waals surface area contributed by atoms with Crippen LogP contribution in [0.5, 0.6) is 0 Å². The molecule has 25 heavy (non-hydrogen) atoms. The maximum Gasteiger partial charge on any atom is 0.133 e. The second kappa shape index (κ2) is 8.37. The molecule has 2 rings (SSSR count). The number of hydrogen-bond donors (Lipinski definition) is 0. The van der Waals surface area contributed by atoms with E-state index in [4.69, 9.17) is 0 Å². The molecule has 2 aliphatic rings. The van der Waals surface area contributed by atoms with Crippen molar-refractivity contribution in [2.24, 2.45) is 35.5 Å². The summed E-state index contributed by atoms with van der Waals surface area (Å²) in [5, 5.41) is 0. The number of carbonyl (C=O) groups is 4. The van der Waals surface area contributed by atoms with Crippen LogP contribution in [0.3, 0.4) is 0 Å². The first-order valence-corrected chi connectivity index (χ1v) is 9.71. The predicted octanol–water partition coefficient (Wildman–Crippen LogP) is 3.80. The molecule has 0 N–H and O–H groups in total. The topological polar surface area (TPSA) is 68.3 Å². The van der Waals surface area contributed by atoms with Crippen LogP contribution in [0, 0.1) is 35.5 Å². The van der Waals surface area contributed by atoms with Crippen molar-refractivity contribution in [3.05, 3.63) is 0 Å². The van der Waals surface area contributed by atoms with Crippen LogP contribution >= 0.6 is 0 Å². The Morgan fingerprint density at radius 2 is 1.12 bits per heavy atom. The van der Waals surface area contributed by atoms with Crippen molar-refractivity contribution in [3.8, 4) is 0 Å². The van der Waals surface area contributed by atoms with Crippen molar-refractivity contribution in [1.82, 2.24) is 0 Å². The fraction of sp³-hybridized carbons (Fsp3) is 0.810. The van der Waals surface area contributed by atoms with Gasteiger partial charge >= 0.3 is 0 Å². The van der Waals surface area contributed by atoms with Gasteiger partial charge in [-0.05, 0) is 84.0 Å². The highest BCUT2D eigenvalue weighted by Gasteiger charge is 2.42. The second-order valence-corrected chi connectivity index (χ2v) is 8.46. The summed E-state index contributed by atoms with van der Waals surface area (Å²) < 4.78 is 0. The lowest BCUT2D eigenvalue weighted by Gasteiger charge is -2.42. The molecule has 2 aliphatic carbocycles. The van der Waals surface area contributed by atoms with Gasteiger partial charge < -0.3 is 4.79 Å². The van der Waals surface area contributed by atoms with Crippen molar-refractivity contribution in [3.63, 3.8) is 0 Å². The van der Waals surface area contributed by atoms with Gasteiger partial charge in [-0.15, -0.1) is 0 Å². The fourth-order valence-electron chi connectivity index (χ4n) is 5.37. The van der Waals surface area contributed by atoms with Crippen LogP contribution in [-0.2, 0) is 19.2 Å². The molecule has 140 valence electrons. The molecule has 6 atom stereocenters. The Labute approximate surface area is 151 Å². The Hall–Kier alpha value is -1.32. The fourth-order valence-corrected chi connectivity index (χ4v) is 5.37. The summed E-state index contributed by atoms with van der Waals surface area (Å²) in [6.45, 7) is 6.44. The molecule has 4 heteroatoms. The van der Waals surface area contributed by atoms with Gasteiger partial charge in [-0.3, -0.25) is 14.4 Å². The lowest BCUT2D eigenvalue weighted by atomic mass is 9.61. The first kappa shape index (κ1) is 20.0. The molecule has 2 saturated carbocycles. The van der Waals surface area contributed by atoms with Gasteiger partial charge in [0, 0.05) is 24.2 Å². The molecule has 0 spiro atoms. The van der Waals surface area contributed by atoms with Gasteiger partial charge in [0.2, 0.25) is 0 Å². The highest BCUT2D eigenvalue weighted by Crippen LogP contribution is 2.46. The largest absolute Gasteiger partial charge is 0.300 e. The van der Waals surface area contributed by atoms with E-state index in [9.17, 15) is 19.2 Å². The molecule has 0 amide bonds. The maximum atomic E-state index is 12.1. The third kappa shape index (κ3) is 4.86. The summed E-state index contributed by atoms with van der Waals surface area (Å²) in [6.07, 6.45) is 5.85. The van der Waals surface area contributed by atoms with Crippen LogP contribution in [0.1, 0.15) is 72.6 Å². The van der Waals surface area contributed by atoms with E-state index in [1.165, 1.54) is 0 Å². The van der Waals surface area contributed by atoms with Gasteiger partial charge in [-0.2, -0.15) is 0 Å². The van der Waals surface area contributed by atoms with E-state index in [1.54, 1.807) is 27.7 Å². The van der Waals surface area contributed by atoms with Crippen LogP contribution < -0.4 is 0 Å². The molecule has 0 aromatic rings. The van der Waals surface area contributed by atoms with Crippen molar-refractivity contribution >= 4 is 23.1 Å². The quantitative estimate of drug-likeness (QED) is 0.732. The van der Waals surface area contributed by atoms with Gasteiger partial charge in [0.1, 0.15) is 23.1 Å². The molecular weight excluding hydrogens is 316 g/mol. The molecule has 0 radical (unpaired) electrons. The molecule has 0 aromatic heterocycles. The third-order valence-electron chi connectivity index (χ3n) is 6.71. The second-order valence-electron chi connectivity index (χ2n) is 8.46. The lowest BCUT2D eigenvalue weighted by molar-refractivity contribution is -0.133. The van der Waals surface area contributed by atoms with E-state index in [-0.39, 0.29) is 46.8 Å². The summed E-state index contributed by atoms with van der Waals surface area (Å²) in [6, 6.07) is 0. The lowest BCUT2D eigenvalue weighted by Crippen LogP contribution is -2.39. The normalized spacial score (nSPS) is 35.8. The van der Waals surface area contributed by atoms with Gasteiger partial charge in [-0.25, -0.2) is 0 Å². The Bertz CT molecular complexity index is 550. The molecule has 0 heterocycles. The summed E-state index contributed by atoms with van der Waals surface area (Å²) in [7, 11) is 0. The molecule has 0 aliphatic heterocycles. The smallest absolute Gasteiger partial charge is 0.133 e. The predicted molar refractivity (Wildman–Crippen MR) is 96.0 cm³/mol. The average molecular weight is 348 g/mol. The van der Waals surface area contributed by atoms with Crippen molar-refractivity contribution < 1.29 is 19.2 Å². The van der Waals surface area contributed by atoms with Crippen LogP contribution in [0.2, 0.25) is 0 Å². The van der Waals surface area contributed by atoms with Crippen LogP contribution in [0.4, 0.5) is 0 Å². The zero-order chi connectivity index (χ0) is 18.7. The van der Waals surface area contributed by atoms with Gasteiger partial charge in [-0.1, -0.05) is 0 Å². The molecule has 0 saturated heterocycles. The highest BCUT2D eigenvalue weighted by molar-refractivity contribution is 5.87. The first-order chi connectivity index (χ1) is 11.7. The van der Waals surface area contributed by atoms with Crippen molar-refractivity contribution in [2.75, 3.05) is 0 Å². The van der Waals surface area contributed by atoms with Crippen molar-refractivity contribution in [2.45, 2.75) is 72.6 Å². The number of hydrogen-bond acceptors (Lipinski definition) is 4. The summed E-state index contributed by atoms with van der Waals surface area (Å²) in [5.41, 5.74) is 0. The Morgan fingerprint density at radius 3 is 1.60 bits per heavy atom. The minimum atomic E-state index is -0.151. The van der Waals surface area contributed by atoms with Crippen LogP contribution in [0.25, 0.3) is 0 Å². The van der Waals surface area contributed by atoms with E-state index in [2.05, 4.69) is 0 Å². The molecule has 2 fully saturated rings. The monoisotopic (exact) mass is 348 g/mol. The van der Waals surface area contributed by atoms with Gasteiger partial charge in [0.15, 0.2) is 0 Å². The summed E-state index contributed by atoms with van der Waals surface area (Å²) >= 11 is 0. The first-order valence-electron chi connectivity index (χ1n) is 9.71. The molecule has 6 unspecified atom stereocenters. The van der Waals surface area contributed by atoms with E-state index in [1.807, 2.05) is 0 Å². The van der Waals surface area contributed by atoms with Gasteiger partial charge in [0.25, 0.3) is 0 Å². The molecule has 4 nitrogen and oxygen atoms in total. The van der Waals surface area contributed by atoms with E-state index >= 15 is 0 Å². The number of carbonyl (C=O) groups excluding carboxylic acids is 4. The standard InChI is InChI=1S/C21H32O4/c1-12(22)9-18-6-5-16(10-20(18)14(3)24)17-7-8-19(13(2)23)21(11-17)15(4)25/h16-21H,5-11H2,1-4H3. The zero-order valence-electron chi connectivity index (χ0n) is 16.0. The SMILES string of the molecule is CC(=O)CC1CCC(C2CCC(C(C)=O)C(C(C)=O)C2)CC1C(C)=O. The van der Waals surface area contributed by atoms with E-state index < -0.39 is 0 Å². The minimum absolute atomic E-state index is 0.0241. The number of Topliss-reactive ketones (excluding diaryl/α,β-unsaturated/α-hetero) is 4.